The quantitative estimate of drug-likeness (QED) is 0.870. The minimum atomic E-state index is -2.87. The van der Waals surface area contributed by atoms with Crippen molar-refractivity contribution in [2.45, 2.75) is 26.0 Å². The number of hydrogen-bond donors (Lipinski definition) is 0. The number of halogens is 2. The molecule has 2 heterocycles. The number of fused-ring (bicyclic) bond motifs is 1. The lowest BCUT2D eigenvalue weighted by Gasteiger charge is -2.19. The first kappa shape index (κ1) is 14.8. The lowest BCUT2D eigenvalue weighted by molar-refractivity contribution is -0.0532. The topological polar surface area (TPSA) is 38.3 Å². The molecule has 1 aromatic heterocycles. The van der Waals surface area contributed by atoms with Crippen molar-refractivity contribution in [1.29, 1.82) is 0 Å². The molecule has 1 aliphatic rings. The van der Waals surface area contributed by atoms with E-state index >= 15 is 0 Å². The fraction of sp³-hybridized carbons (Fsp3) is 0.375. The molecule has 0 fully saturated rings. The molecule has 2 aromatic rings. The summed E-state index contributed by atoms with van der Waals surface area (Å²) in [6.45, 7) is -0.289. The lowest BCUT2D eigenvalue weighted by atomic mass is 10.2. The van der Waals surface area contributed by atoms with Crippen LogP contribution in [0.15, 0.2) is 36.5 Å². The van der Waals surface area contributed by atoms with E-state index in [0.29, 0.717) is 6.42 Å². The van der Waals surface area contributed by atoms with E-state index in [1.54, 1.807) is 0 Å². The molecule has 1 aromatic carbocycles. The van der Waals surface area contributed by atoms with Crippen LogP contribution in [0.3, 0.4) is 0 Å². The van der Waals surface area contributed by atoms with Crippen molar-refractivity contribution < 1.29 is 13.5 Å². The Morgan fingerprint density at radius 1 is 1.09 bits per heavy atom. The van der Waals surface area contributed by atoms with Gasteiger partial charge in [-0.15, -0.1) is 0 Å². The van der Waals surface area contributed by atoms with Gasteiger partial charge in [0, 0.05) is 32.5 Å². The highest BCUT2D eigenvalue weighted by atomic mass is 19.3. The maximum atomic E-state index is 12.2. The Balaban J connectivity index is 1.67. The SMILES string of the molecule is FC(F)Oc1cnc2c(n1)CCN(Cc1ccccc1)CC2. The Morgan fingerprint density at radius 2 is 1.82 bits per heavy atom. The van der Waals surface area contributed by atoms with E-state index in [1.807, 2.05) is 18.2 Å². The van der Waals surface area contributed by atoms with E-state index in [0.717, 1.165) is 37.4 Å². The van der Waals surface area contributed by atoms with Crippen molar-refractivity contribution in [2.75, 3.05) is 13.1 Å². The molecule has 3 rings (SSSR count). The van der Waals surface area contributed by atoms with E-state index < -0.39 is 6.61 Å². The highest BCUT2D eigenvalue weighted by molar-refractivity contribution is 5.20. The predicted molar refractivity (Wildman–Crippen MR) is 77.8 cm³/mol. The molecule has 1 aliphatic heterocycles. The molecular formula is C16H17F2N3O. The van der Waals surface area contributed by atoms with Gasteiger partial charge in [0.1, 0.15) is 0 Å². The van der Waals surface area contributed by atoms with Crippen LogP contribution >= 0.6 is 0 Å². The molecule has 0 saturated carbocycles. The van der Waals surface area contributed by atoms with Gasteiger partial charge in [0.05, 0.1) is 17.6 Å². The summed E-state index contributed by atoms with van der Waals surface area (Å²) in [4.78, 5) is 10.7. The maximum Gasteiger partial charge on any atom is 0.388 e. The van der Waals surface area contributed by atoms with Crippen molar-refractivity contribution >= 4 is 0 Å². The third-order valence-electron chi connectivity index (χ3n) is 3.70. The van der Waals surface area contributed by atoms with E-state index in [1.165, 1.54) is 11.8 Å². The first-order valence-electron chi connectivity index (χ1n) is 7.26. The predicted octanol–water partition coefficient (Wildman–Crippen LogP) is 2.68. The zero-order chi connectivity index (χ0) is 15.4. The van der Waals surface area contributed by atoms with Gasteiger partial charge in [0.15, 0.2) is 0 Å². The van der Waals surface area contributed by atoms with Gasteiger partial charge in [0.2, 0.25) is 5.88 Å². The van der Waals surface area contributed by atoms with Gasteiger partial charge in [-0.3, -0.25) is 9.88 Å². The third-order valence-corrected chi connectivity index (χ3v) is 3.70. The van der Waals surface area contributed by atoms with Crippen LogP contribution in [-0.2, 0) is 19.4 Å². The second-order valence-corrected chi connectivity index (χ2v) is 5.24. The summed E-state index contributed by atoms with van der Waals surface area (Å²) in [5, 5.41) is 0. The molecule has 0 N–H and O–H groups in total. The summed E-state index contributed by atoms with van der Waals surface area (Å²) in [6, 6.07) is 10.3. The molecule has 0 radical (unpaired) electrons. The van der Waals surface area contributed by atoms with Crippen LogP contribution in [0.5, 0.6) is 5.88 Å². The minimum absolute atomic E-state index is 0.106. The third kappa shape index (κ3) is 3.76. The second-order valence-electron chi connectivity index (χ2n) is 5.24. The van der Waals surface area contributed by atoms with Gasteiger partial charge < -0.3 is 4.74 Å². The fourth-order valence-corrected chi connectivity index (χ4v) is 2.63. The molecule has 0 atom stereocenters. The van der Waals surface area contributed by atoms with Gasteiger partial charge in [-0.2, -0.15) is 8.78 Å². The Labute approximate surface area is 127 Å². The Morgan fingerprint density at radius 3 is 2.55 bits per heavy atom. The normalized spacial score (nSPS) is 15.4. The number of nitrogens with zero attached hydrogens (tertiary/aromatic N) is 3. The smallest absolute Gasteiger partial charge is 0.388 e. The summed E-state index contributed by atoms with van der Waals surface area (Å²) in [5.74, 6) is -0.106. The minimum Gasteiger partial charge on any atom is -0.415 e. The van der Waals surface area contributed by atoms with Gasteiger partial charge in [-0.1, -0.05) is 30.3 Å². The van der Waals surface area contributed by atoms with Crippen LogP contribution < -0.4 is 4.74 Å². The summed E-state index contributed by atoms with van der Waals surface area (Å²) in [6.07, 6.45) is 2.73. The summed E-state index contributed by atoms with van der Waals surface area (Å²) in [7, 11) is 0. The molecular weight excluding hydrogens is 288 g/mol. The summed E-state index contributed by atoms with van der Waals surface area (Å²) < 4.78 is 28.8. The van der Waals surface area contributed by atoms with Crippen LogP contribution in [0.4, 0.5) is 8.78 Å². The van der Waals surface area contributed by atoms with E-state index in [-0.39, 0.29) is 5.88 Å². The standard InChI is InChI=1S/C16H17F2N3O/c17-16(18)22-15-10-19-13-6-8-21(9-7-14(13)20-15)11-12-4-2-1-3-5-12/h1-5,10,16H,6-9,11H2. The highest BCUT2D eigenvalue weighted by Crippen LogP contribution is 2.18. The lowest BCUT2D eigenvalue weighted by Crippen LogP contribution is -2.25. The van der Waals surface area contributed by atoms with Crippen LogP contribution in [-0.4, -0.2) is 34.6 Å². The summed E-state index contributed by atoms with van der Waals surface area (Å²) in [5.41, 5.74) is 2.89. The van der Waals surface area contributed by atoms with E-state index in [2.05, 4.69) is 31.7 Å². The molecule has 116 valence electrons. The summed E-state index contributed by atoms with van der Waals surface area (Å²) >= 11 is 0. The molecule has 0 spiro atoms. The number of benzene rings is 1. The van der Waals surface area contributed by atoms with Crippen LogP contribution in [0, 0.1) is 0 Å². The average Bonchev–Trinajstić information content (AvgIpc) is 2.70. The Hall–Kier alpha value is -2.08. The number of aromatic nitrogens is 2. The molecule has 0 aliphatic carbocycles. The van der Waals surface area contributed by atoms with Gasteiger partial charge in [-0.05, 0) is 5.56 Å². The van der Waals surface area contributed by atoms with Crippen LogP contribution in [0.2, 0.25) is 0 Å². The molecule has 0 saturated heterocycles. The molecule has 22 heavy (non-hydrogen) atoms. The zero-order valence-electron chi connectivity index (χ0n) is 12.1. The number of ether oxygens (including phenoxy) is 1. The van der Waals surface area contributed by atoms with Crippen LogP contribution in [0.1, 0.15) is 17.0 Å². The highest BCUT2D eigenvalue weighted by Gasteiger charge is 2.18. The number of alkyl halides is 2. The fourth-order valence-electron chi connectivity index (χ4n) is 2.63. The molecule has 0 bridgehead atoms. The van der Waals surface area contributed by atoms with Gasteiger partial charge in [-0.25, -0.2) is 4.98 Å². The van der Waals surface area contributed by atoms with E-state index in [4.69, 9.17) is 0 Å². The van der Waals surface area contributed by atoms with Crippen molar-refractivity contribution in [3.63, 3.8) is 0 Å². The maximum absolute atomic E-state index is 12.2. The Bertz CT molecular complexity index is 622. The van der Waals surface area contributed by atoms with Crippen molar-refractivity contribution in [3.8, 4) is 5.88 Å². The molecule has 4 nitrogen and oxygen atoms in total. The van der Waals surface area contributed by atoms with Gasteiger partial charge >= 0.3 is 6.61 Å². The monoisotopic (exact) mass is 305 g/mol. The molecule has 0 unspecified atom stereocenters. The zero-order valence-corrected chi connectivity index (χ0v) is 12.1. The van der Waals surface area contributed by atoms with Crippen molar-refractivity contribution in [1.82, 2.24) is 14.9 Å². The number of rotatable bonds is 4. The number of hydrogen-bond acceptors (Lipinski definition) is 4. The largest absolute Gasteiger partial charge is 0.415 e. The first-order valence-corrected chi connectivity index (χ1v) is 7.26. The van der Waals surface area contributed by atoms with Crippen LogP contribution in [0.25, 0.3) is 0 Å². The van der Waals surface area contributed by atoms with Gasteiger partial charge in [0.25, 0.3) is 0 Å². The van der Waals surface area contributed by atoms with E-state index in [9.17, 15) is 8.78 Å². The van der Waals surface area contributed by atoms with Crippen molar-refractivity contribution in [3.05, 3.63) is 53.5 Å². The average molecular weight is 305 g/mol. The van der Waals surface area contributed by atoms with Crippen molar-refractivity contribution in [2.24, 2.45) is 0 Å². The molecule has 6 heteroatoms. The molecule has 0 amide bonds. The second kappa shape index (κ2) is 6.79. The Kier molecular flexibility index (Phi) is 4.58. The first-order chi connectivity index (χ1) is 10.7.